The van der Waals surface area contributed by atoms with Gasteiger partial charge in [-0.05, 0) is 31.4 Å². The zero-order valence-corrected chi connectivity index (χ0v) is 13.1. The first-order chi connectivity index (χ1) is 11.5. The van der Waals surface area contributed by atoms with Crippen LogP contribution in [-0.2, 0) is 14.4 Å². The van der Waals surface area contributed by atoms with Crippen molar-refractivity contribution in [2.24, 2.45) is 5.92 Å². The second-order valence-electron chi connectivity index (χ2n) is 6.31. The lowest BCUT2D eigenvalue weighted by Gasteiger charge is -2.32. The summed E-state index contributed by atoms with van der Waals surface area (Å²) in [7, 11) is 0. The lowest BCUT2D eigenvalue weighted by atomic mass is 9.89. The number of rotatable bonds is 3. The Morgan fingerprint density at radius 2 is 1.88 bits per heavy atom. The number of halogens is 2. The van der Waals surface area contributed by atoms with E-state index >= 15 is 0 Å². The highest BCUT2D eigenvalue weighted by Gasteiger charge is 2.33. The van der Waals surface area contributed by atoms with Crippen LogP contribution in [0.15, 0.2) is 12.1 Å². The molecule has 0 spiro atoms. The highest BCUT2D eigenvalue weighted by atomic mass is 19.1. The molecular formula is C17H18F2N2O3. The Balaban J connectivity index is 1.87. The maximum atomic E-state index is 14.5. The van der Waals surface area contributed by atoms with Crippen molar-refractivity contribution in [3.8, 4) is 0 Å². The molecule has 0 aliphatic carbocycles. The summed E-state index contributed by atoms with van der Waals surface area (Å²) in [5, 5.41) is 2.11. The second kappa shape index (κ2) is 6.67. The third-order valence-electron chi connectivity index (χ3n) is 4.67. The molecule has 2 saturated heterocycles. The van der Waals surface area contributed by atoms with Crippen LogP contribution in [0.1, 0.15) is 37.2 Å². The van der Waals surface area contributed by atoms with Crippen LogP contribution in [0, 0.1) is 17.6 Å². The van der Waals surface area contributed by atoms with Gasteiger partial charge in [-0.2, -0.15) is 0 Å². The predicted molar refractivity (Wildman–Crippen MR) is 82.5 cm³/mol. The molecule has 2 heterocycles. The van der Waals surface area contributed by atoms with Gasteiger partial charge in [0.25, 0.3) is 0 Å². The third-order valence-corrected chi connectivity index (χ3v) is 4.67. The molecule has 24 heavy (non-hydrogen) atoms. The Morgan fingerprint density at radius 1 is 1.17 bits per heavy atom. The molecule has 0 bridgehead atoms. The number of hydrogen-bond acceptors (Lipinski definition) is 4. The van der Waals surface area contributed by atoms with Crippen molar-refractivity contribution in [2.45, 2.75) is 31.6 Å². The molecule has 2 atom stereocenters. The fraction of sp³-hybridized carbons (Fsp3) is 0.471. The van der Waals surface area contributed by atoms with Gasteiger partial charge in [-0.3, -0.25) is 14.9 Å². The Bertz CT molecular complexity index is 669. The summed E-state index contributed by atoms with van der Waals surface area (Å²) >= 11 is 0. The van der Waals surface area contributed by atoms with Gasteiger partial charge in [0, 0.05) is 36.7 Å². The Labute approximate surface area is 138 Å². The smallest absolute Gasteiger partial charge is 0.234 e. The predicted octanol–water partition coefficient (Wildman–Crippen LogP) is 1.90. The zero-order chi connectivity index (χ0) is 17.3. The maximum absolute atomic E-state index is 14.5. The minimum absolute atomic E-state index is 0.0597. The molecule has 5 nitrogen and oxygen atoms in total. The lowest BCUT2D eigenvalue weighted by Crippen LogP contribution is -2.40. The number of nitrogens with zero attached hydrogens (tertiary/aromatic N) is 1. The van der Waals surface area contributed by atoms with Crippen LogP contribution in [0.3, 0.4) is 0 Å². The molecule has 0 radical (unpaired) electrons. The fourth-order valence-corrected chi connectivity index (χ4v) is 3.41. The maximum Gasteiger partial charge on any atom is 0.234 e. The van der Waals surface area contributed by atoms with Crippen molar-refractivity contribution in [3.63, 3.8) is 0 Å². The summed E-state index contributed by atoms with van der Waals surface area (Å²) in [5.41, 5.74) is 0.0697. The van der Waals surface area contributed by atoms with E-state index < -0.39 is 29.4 Å². The number of nitrogens with one attached hydrogen (secondary N) is 1. The molecule has 7 heteroatoms. The number of piperidine rings is 2. The molecule has 2 aliphatic rings. The van der Waals surface area contributed by atoms with E-state index in [4.69, 9.17) is 0 Å². The largest absolute Gasteiger partial charge is 0.371 e. The minimum Gasteiger partial charge on any atom is -0.371 e. The van der Waals surface area contributed by atoms with E-state index in [0.717, 1.165) is 19.1 Å². The SMILES string of the molecule is O=CC1CCCN(c2cc(F)c(C3CCC(=O)NC3=O)c(F)c2)C1. The van der Waals surface area contributed by atoms with E-state index in [0.29, 0.717) is 18.8 Å². The third kappa shape index (κ3) is 3.16. The lowest BCUT2D eigenvalue weighted by molar-refractivity contribution is -0.134. The average molecular weight is 336 g/mol. The number of imide groups is 1. The summed E-state index contributed by atoms with van der Waals surface area (Å²) in [6.45, 7) is 1.06. The second-order valence-corrected chi connectivity index (χ2v) is 6.31. The van der Waals surface area contributed by atoms with E-state index in [1.54, 1.807) is 4.90 Å². The number of anilines is 1. The van der Waals surface area contributed by atoms with Gasteiger partial charge in [-0.1, -0.05) is 0 Å². The summed E-state index contributed by atoms with van der Waals surface area (Å²) in [5.74, 6) is -3.83. The molecule has 128 valence electrons. The zero-order valence-electron chi connectivity index (χ0n) is 13.1. The van der Waals surface area contributed by atoms with Gasteiger partial charge in [-0.25, -0.2) is 8.78 Å². The number of carbonyl (C=O) groups is 3. The van der Waals surface area contributed by atoms with Crippen molar-refractivity contribution in [1.82, 2.24) is 5.32 Å². The Hall–Kier alpha value is -2.31. The van der Waals surface area contributed by atoms with Gasteiger partial charge < -0.3 is 9.69 Å². The molecule has 0 aromatic heterocycles. The number of aldehydes is 1. The van der Waals surface area contributed by atoms with E-state index in [-0.39, 0.29) is 24.3 Å². The molecular weight excluding hydrogens is 318 g/mol. The first-order valence-corrected chi connectivity index (χ1v) is 8.02. The topological polar surface area (TPSA) is 66.5 Å². The van der Waals surface area contributed by atoms with Crippen LogP contribution in [0.4, 0.5) is 14.5 Å². The normalized spacial score (nSPS) is 24.7. The highest BCUT2D eigenvalue weighted by molar-refractivity contribution is 6.01. The first-order valence-electron chi connectivity index (χ1n) is 8.02. The minimum atomic E-state index is -0.999. The average Bonchev–Trinajstić information content (AvgIpc) is 2.56. The van der Waals surface area contributed by atoms with Gasteiger partial charge in [0.05, 0.1) is 5.92 Å². The molecule has 2 fully saturated rings. The van der Waals surface area contributed by atoms with Gasteiger partial charge in [0.2, 0.25) is 11.8 Å². The number of benzene rings is 1. The molecule has 0 saturated carbocycles. The molecule has 1 aromatic rings. The van der Waals surface area contributed by atoms with Crippen molar-refractivity contribution in [3.05, 3.63) is 29.3 Å². The molecule has 1 N–H and O–H groups in total. The Morgan fingerprint density at radius 3 is 2.50 bits per heavy atom. The van der Waals surface area contributed by atoms with E-state index in [2.05, 4.69) is 5.32 Å². The van der Waals surface area contributed by atoms with Crippen LogP contribution < -0.4 is 10.2 Å². The quantitative estimate of drug-likeness (QED) is 0.676. The fourth-order valence-electron chi connectivity index (χ4n) is 3.41. The van der Waals surface area contributed by atoms with Crippen molar-refractivity contribution >= 4 is 23.8 Å². The van der Waals surface area contributed by atoms with Crippen LogP contribution in [0.2, 0.25) is 0 Å². The van der Waals surface area contributed by atoms with Crippen LogP contribution in [0.5, 0.6) is 0 Å². The van der Waals surface area contributed by atoms with Crippen molar-refractivity contribution in [1.29, 1.82) is 0 Å². The van der Waals surface area contributed by atoms with Gasteiger partial charge in [-0.15, -0.1) is 0 Å². The van der Waals surface area contributed by atoms with Crippen LogP contribution in [-0.4, -0.2) is 31.2 Å². The molecule has 1 aromatic carbocycles. The summed E-state index contributed by atoms with van der Waals surface area (Å²) in [4.78, 5) is 35.8. The summed E-state index contributed by atoms with van der Waals surface area (Å²) in [6, 6.07) is 2.41. The summed E-state index contributed by atoms with van der Waals surface area (Å²) < 4.78 is 29.0. The molecule has 2 unspecified atom stereocenters. The van der Waals surface area contributed by atoms with Crippen LogP contribution in [0.25, 0.3) is 0 Å². The van der Waals surface area contributed by atoms with E-state index in [1.165, 1.54) is 12.1 Å². The molecule has 2 aliphatic heterocycles. The standard InChI is InChI=1S/C17H18F2N2O3/c18-13-6-11(21-5-1-2-10(8-21)9-22)7-14(19)16(13)12-3-4-15(23)20-17(12)24/h6-7,9-10,12H,1-5,8H2,(H,20,23,24). The van der Waals surface area contributed by atoms with Crippen molar-refractivity contribution in [2.75, 3.05) is 18.0 Å². The highest BCUT2D eigenvalue weighted by Crippen LogP contribution is 2.33. The van der Waals surface area contributed by atoms with Crippen molar-refractivity contribution < 1.29 is 23.2 Å². The first kappa shape index (κ1) is 16.5. The summed E-state index contributed by atoms with van der Waals surface area (Å²) in [6.07, 6.45) is 2.58. The van der Waals surface area contributed by atoms with E-state index in [1.807, 2.05) is 0 Å². The van der Waals surface area contributed by atoms with E-state index in [9.17, 15) is 23.2 Å². The van der Waals surface area contributed by atoms with Crippen LogP contribution >= 0.6 is 0 Å². The molecule has 2 amide bonds. The number of amides is 2. The van der Waals surface area contributed by atoms with Gasteiger partial charge in [0.15, 0.2) is 0 Å². The van der Waals surface area contributed by atoms with Gasteiger partial charge in [0.1, 0.15) is 17.9 Å². The monoisotopic (exact) mass is 336 g/mol. The molecule has 3 rings (SSSR count). The number of carbonyl (C=O) groups excluding carboxylic acids is 3. The Kier molecular flexibility index (Phi) is 4.59. The van der Waals surface area contributed by atoms with Gasteiger partial charge >= 0.3 is 0 Å². The number of hydrogen-bond donors (Lipinski definition) is 1.